The van der Waals surface area contributed by atoms with Crippen molar-refractivity contribution >= 4 is 0 Å². The minimum atomic E-state index is 1.04. The monoisotopic (exact) mass is 318 g/mol. The van der Waals surface area contributed by atoms with E-state index < -0.39 is 0 Å². The maximum Gasteiger partial charge on any atom is -0.00132 e. The Morgan fingerprint density at radius 1 is 0.400 bits per heavy atom. The zero-order valence-corrected chi connectivity index (χ0v) is 13.9. The Kier molecular flexibility index (Phi) is 3.28. The Hall–Kier alpha value is -3.12. The van der Waals surface area contributed by atoms with Gasteiger partial charge in [0.1, 0.15) is 0 Å². The van der Waals surface area contributed by atoms with E-state index in [0.29, 0.717) is 0 Å². The fraction of sp³-hybridized carbons (Fsp3) is 0.0400. The highest BCUT2D eigenvalue weighted by molar-refractivity contribution is 5.90. The lowest BCUT2D eigenvalue weighted by Crippen LogP contribution is -1.86. The first-order chi connectivity index (χ1) is 12.4. The summed E-state index contributed by atoms with van der Waals surface area (Å²) in [6.07, 6.45) is 1.04. The van der Waals surface area contributed by atoms with Crippen molar-refractivity contribution in [3.8, 4) is 33.4 Å². The van der Waals surface area contributed by atoms with E-state index in [0.717, 1.165) is 6.42 Å². The molecule has 0 spiro atoms. The summed E-state index contributed by atoms with van der Waals surface area (Å²) < 4.78 is 0. The molecular formula is C25H18. The van der Waals surface area contributed by atoms with Gasteiger partial charge >= 0.3 is 0 Å². The molecule has 0 heteroatoms. The standard InChI is InChI=1S/C25H18/c1-2-7-18(8-3-1)19-13-15-20(16-14-19)23-12-6-10-22-17-21-9-4-5-11-24(21)25(22)23/h1-16H,17H2. The van der Waals surface area contributed by atoms with Crippen LogP contribution in [0.4, 0.5) is 0 Å². The van der Waals surface area contributed by atoms with Gasteiger partial charge in [-0.15, -0.1) is 0 Å². The molecular weight excluding hydrogens is 300 g/mol. The van der Waals surface area contributed by atoms with Gasteiger partial charge in [0.05, 0.1) is 0 Å². The summed E-state index contributed by atoms with van der Waals surface area (Å²) in [5.74, 6) is 0. The highest BCUT2D eigenvalue weighted by Crippen LogP contribution is 2.42. The average molecular weight is 318 g/mol. The van der Waals surface area contributed by atoms with Crippen LogP contribution in [0.3, 0.4) is 0 Å². The number of fused-ring (bicyclic) bond motifs is 3. The zero-order valence-electron chi connectivity index (χ0n) is 13.9. The minimum Gasteiger partial charge on any atom is -0.0622 e. The second-order valence-electron chi connectivity index (χ2n) is 6.62. The zero-order chi connectivity index (χ0) is 16.6. The summed E-state index contributed by atoms with van der Waals surface area (Å²) in [5, 5.41) is 0. The first-order valence-corrected chi connectivity index (χ1v) is 8.76. The van der Waals surface area contributed by atoms with Crippen LogP contribution in [-0.2, 0) is 6.42 Å². The summed E-state index contributed by atoms with van der Waals surface area (Å²) >= 11 is 0. The predicted octanol–water partition coefficient (Wildman–Crippen LogP) is 6.59. The molecule has 0 bridgehead atoms. The quantitative estimate of drug-likeness (QED) is 0.344. The van der Waals surface area contributed by atoms with Gasteiger partial charge in [0, 0.05) is 0 Å². The van der Waals surface area contributed by atoms with Crippen LogP contribution < -0.4 is 0 Å². The molecule has 0 nitrogen and oxygen atoms in total. The van der Waals surface area contributed by atoms with Crippen molar-refractivity contribution in [3.63, 3.8) is 0 Å². The number of benzene rings is 4. The van der Waals surface area contributed by atoms with Crippen molar-refractivity contribution < 1.29 is 0 Å². The molecule has 0 aromatic heterocycles. The van der Waals surface area contributed by atoms with Crippen LogP contribution in [0.2, 0.25) is 0 Å². The van der Waals surface area contributed by atoms with Crippen molar-refractivity contribution in [2.75, 3.05) is 0 Å². The van der Waals surface area contributed by atoms with E-state index in [-0.39, 0.29) is 0 Å². The summed E-state index contributed by atoms with van der Waals surface area (Å²) in [7, 11) is 0. The lowest BCUT2D eigenvalue weighted by atomic mass is 9.93. The molecule has 0 aliphatic heterocycles. The molecule has 0 N–H and O–H groups in total. The van der Waals surface area contributed by atoms with Crippen LogP contribution in [0, 0.1) is 0 Å². The normalized spacial score (nSPS) is 11.8. The van der Waals surface area contributed by atoms with E-state index in [2.05, 4.69) is 97.1 Å². The predicted molar refractivity (Wildman–Crippen MR) is 106 cm³/mol. The van der Waals surface area contributed by atoms with Crippen molar-refractivity contribution in [1.82, 2.24) is 0 Å². The van der Waals surface area contributed by atoms with E-state index in [1.54, 1.807) is 0 Å². The molecule has 118 valence electrons. The van der Waals surface area contributed by atoms with E-state index in [1.165, 1.54) is 44.5 Å². The Balaban J connectivity index is 1.61. The molecule has 1 aliphatic rings. The topological polar surface area (TPSA) is 0 Å². The van der Waals surface area contributed by atoms with Gasteiger partial charge in [-0.05, 0) is 50.9 Å². The third-order valence-electron chi connectivity index (χ3n) is 5.12. The maximum absolute atomic E-state index is 2.26. The fourth-order valence-corrected chi connectivity index (χ4v) is 3.90. The Labute approximate surface area is 148 Å². The fourth-order valence-electron chi connectivity index (χ4n) is 3.90. The molecule has 0 amide bonds. The smallest absolute Gasteiger partial charge is 0.00132 e. The number of rotatable bonds is 2. The maximum atomic E-state index is 2.26. The molecule has 0 unspecified atom stereocenters. The van der Waals surface area contributed by atoms with Crippen molar-refractivity contribution in [2.24, 2.45) is 0 Å². The van der Waals surface area contributed by atoms with Gasteiger partial charge in [-0.25, -0.2) is 0 Å². The highest BCUT2D eigenvalue weighted by Gasteiger charge is 2.21. The van der Waals surface area contributed by atoms with Crippen LogP contribution in [0.15, 0.2) is 97.1 Å². The minimum absolute atomic E-state index is 1.04. The third kappa shape index (κ3) is 2.38. The lowest BCUT2D eigenvalue weighted by Gasteiger charge is -2.11. The first kappa shape index (κ1) is 14.2. The molecule has 4 aromatic carbocycles. The van der Waals surface area contributed by atoms with Crippen molar-refractivity contribution in [3.05, 3.63) is 108 Å². The molecule has 0 radical (unpaired) electrons. The molecule has 0 saturated heterocycles. The van der Waals surface area contributed by atoms with Gasteiger partial charge in [0.15, 0.2) is 0 Å². The van der Waals surface area contributed by atoms with Crippen LogP contribution in [0.5, 0.6) is 0 Å². The van der Waals surface area contributed by atoms with Gasteiger partial charge in [-0.1, -0.05) is 97.1 Å². The van der Waals surface area contributed by atoms with E-state index in [4.69, 9.17) is 0 Å². The van der Waals surface area contributed by atoms with E-state index in [9.17, 15) is 0 Å². The lowest BCUT2D eigenvalue weighted by molar-refractivity contribution is 1.26. The van der Waals surface area contributed by atoms with Crippen molar-refractivity contribution in [1.29, 1.82) is 0 Å². The van der Waals surface area contributed by atoms with Crippen LogP contribution >= 0.6 is 0 Å². The van der Waals surface area contributed by atoms with Gasteiger partial charge in [0.2, 0.25) is 0 Å². The van der Waals surface area contributed by atoms with E-state index in [1.807, 2.05) is 0 Å². The largest absolute Gasteiger partial charge is 0.0622 e. The van der Waals surface area contributed by atoms with Gasteiger partial charge < -0.3 is 0 Å². The average Bonchev–Trinajstić information content (AvgIpc) is 3.08. The molecule has 4 aromatic rings. The Morgan fingerprint density at radius 2 is 1.00 bits per heavy atom. The Morgan fingerprint density at radius 3 is 1.84 bits per heavy atom. The first-order valence-electron chi connectivity index (χ1n) is 8.76. The summed E-state index contributed by atoms with van der Waals surface area (Å²) in [5.41, 5.74) is 10.8. The molecule has 5 rings (SSSR count). The summed E-state index contributed by atoms with van der Waals surface area (Å²) in [6.45, 7) is 0. The third-order valence-corrected chi connectivity index (χ3v) is 5.12. The molecule has 0 fully saturated rings. The summed E-state index contributed by atoms with van der Waals surface area (Å²) in [4.78, 5) is 0. The van der Waals surface area contributed by atoms with Crippen molar-refractivity contribution in [2.45, 2.75) is 6.42 Å². The number of hydrogen-bond donors (Lipinski definition) is 0. The Bertz CT molecular complexity index is 1040. The molecule has 25 heavy (non-hydrogen) atoms. The van der Waals surface area contributed by atoms with Gasteiger partial charge in [0.25, 0.3) is 0 Å². The van der Waals surface area contributed by atoms with Crippen LogP contribution in [0.25, 0.3) is 33.4 Å². The molecule has 0 heterocycles. The summed E-state index contributed by atoms with van der Waals surface area (Å²) in [6, 6.07) is 35.0. The van der Waals surface area contributed by atoms with E-state index >= 15 is 0 Å². The van der Waals surface area contributed by atoms with Crippen LogP contribution in [-0.4, -0.2) is 0 Å². The molecule has 1 aliphatic carbocycles. The van der Waals surface area contributed by atoms with Crippen LogP contribution in [0.1, 0.15) is 11.1 Å². The second kappa shape index (κ2) is 5.75. The SMILES string of the molecule is c1ccc(-c2ccc(-c3cccc4c3-c3ccccc3C4)cc2)cc1. The van der Waals surface area contributed by atoms with Gasteiger partial charge in [-0.2, -0.15) is 0 Å². The highest BCUT2D eigenvalue weighted by atomic mass is 14.2. The second-order valence-corrected chi connectivity index (χ2v) is 6.62. The molecule has 0 saturated carbocycles. The van der Waals surface area contributed by atoms with Gasteiger partial charge in [-0.3, -0.25) is 0 Å². The number of hydrogen-bond acceptors (Lipinski definition) is 0. The molecule has 0 atom stereocenters.